The van der Waals surface area contributed by atoms with Crippen LogP contribution in [0.4, 0.5) is 0 Å². The second kappa shape index (κ2) is 6.72. The van der Waals surface area contributed by atoms with Gasteiger partial charge in [0.05, 0.1) is 14.2 Å². The number of alkyl halides is 1. The number of aryl methyl sites for hydroxylation is 1. The molecule has 1 aromatic rings. The van der Waals surface area contributed by atoms with Crippen LogP contribution >= 0.6 is 11.6 Å². The van der Waals surface area contributed by atoms with Gasteiger partial charge in [-0.05, 0) is 31.7 Å². The van der Waals surface area contributed by atoms with Gasteiger partial charge in [0.15, 0.2) is 0 Å². The van der Waals surface area contributed by atoms with Gasteiger partial charge in [-0.25, -0.2) is 0 Å². The number of rotatable bonds is 6. The lowest BCUT2D eigenvalue weighted by Gasteiger charge is -2.18. The summed E-state index contributed by atoms with van der Waals surface area (Å²) in [6.07, 6.45) is 0. The third kappa shape index (κ3) is 3.79. The fourth-order valence-electron chi connectivity index (χ4n) is 1.75. The molecule has 3 nitrogen and oxygen atoms in total. The average molecular weight is 258 g/mol. The van der Waals surface area contributed by atoms with Crippen LogP contribution in [0.3, 0.4) is 0 Å². The molecule has 1 aromatic carbocycles. The molecule has 17 heavy (non-hydrogen) atoms. The van der Waals surface area contributed by atoms with Crippen molar-refractivity contribution in [2.24, 2.45) is 0 Å². The van der Waals surface area contributed by atoms with Crippen LogP contribution < -0.4 is 9.47 Å². The van der Waals surface area contributed by atoms with E-state index in [0.717, 1.165) is 35.7 Å². The van der Waals surface area contributed by atoms with Crippen LogP contribution in [0.15, 0.2) is 12.1 Å². The summed E-state index contributed by atoms with van der Waals surface area (Å²) in [7, 11) is 5.40. The second-order valence-corrected chi connectivity index (χ2v) is 4.44. The lowest BCUT2D eigenvalue weighted by atomic mass is 10.1. The van der Waals surface area contributed by atoms with Gasteiger partial charge in [-0.2, -0.15) is 0 Å². The van der Waals surface area contributed by atoms with Crippen LogP contribution in [0.2, 0.25) is 0 Å². The minimum atomic E-state index is 0.627. The predicted molar refractivity (Wildman–Crippen MR) is 71.3 cm³/mol. The highest BCUT2D eigenvalue weighted by Gasteiger charge is 2.10. The summed E-state index contributed by atoms with van der Waals surface area (Å²) < 4.78 is 10.7. The molecule has 0 aliphatic heterocycles. The lowest BCUT2D eigenvalue weighted by Crippen LogP contribution is -2.20. The SMILES string of the molecule is COc1cc(CN(C)CCCl)c(OC)cc1C. The molecule has 0 unspecified atom stereocenters. The zero-order chi connectivity index (χ0) is 12.8. The van der Waals surface area contributed by atoms with Crippen molar-refractivity contribution in [1.29, 1.82) is 0 Å². The van der Waals surface area contributed by atoms with Crippen molar-refractivity contribution in [1.82, 2.24) is 4.90 Å². The Hall–Kier alpha value is -0.930. The topological polar surface area (TPSA) is 21.7 Å². The van der Waals surface area contributed by atoms with Gasteiger partial charge in [0, 0.05) is 24.5 Å². The number of ether oxygens (including phenoxy) is 2. The summed E-state index contributed by atoms with van der Waals surface area (Å²) in [6.45, 7) is 3.65. The Balaban J connectivity index is 2.95. The van der Waals surface area contributed by atoms with E-state index in [1.807, 2.05) is 26.1 Å². The Labute approximate surface area is 108 Å². The van der Waals surface area contributed by atoms with Gasteiger partial charge in [0.1, 0.15) is 11.5 Å². The summed E-state index contributed by atoms with van der Waals surface area (Å²) in [6, 6.07) is 4.03. The minimum absolute atomic E-state index is 0.627. The molecule has 0 bridgehead atoms. The molecule has 4 heteroatoms. The van der Waals surface area contributed by atoms with Crippen LogP contribution in [-0.2, 0) is 6.54 Å². The van der Waals surface area contributed by atoms with Gasteiger partial charge in [0.2, 0.25) is 0 Å². The Bertz CT molecular complexity index is 369. The van der Waals surface area contributed by atoms with Crippen molar-refractivity contribution in [3.63, 3.8) is 0 Å². The summed E-state index contributed by atoms with van der Waals surface area (Å²) in [5, 5.41) is 0. The smallest absolute Gasteiger partial charge is 0.123 e. The molecule has 0 amide bonds. The number of nitrogens with zero attached hydrogens (tertiary/aromatic N) is 1. The number of hydrogen-bond acceptors (Lipinski definition) is 3. The molecule has 1 rings (SSSR count). The fraction of sp³-hybridized carbons (Fsp3) is 0.538. The van der Waals surface area contributed by atoms with Gasteiger partial charge >= 0.3 is 0 Å². The molecule has 0 spiro atoms. The molecule has 0 fully saturated rings. The van der Waals surface area contributed by atoms with Gasteiger partial charge < -0.3 is 14.4 Å². The Morgan fingerprint density at radius 2 is 1.82 bits per heavy atom. The maximum atomic E-state index is 5.72. The van der Waals surface area contributed by atoms with E-state index in [9.17, 15) is 0 Å². The first kappa shape index (κ1) is 14.1. The Kier molecular flexibility index (Phi) is 5.59. The molecule has 0 radical (unpaired) electrons. The molecule has 0 heterocycles. The number of hydrogen-bond donors (Lipinski definition) is 0. The van der Waals surface area contributed by atoms with E-state index >= 15 is 0 Å². The lowest BCUT2D eigenvalue weighted by molar-refractivity contribution is 0.332. The maximum absolute atomic E-state index is 5.72. The minimum Gasteiger partial charge on any atom is -0.496 e. The normalized spacial score (nSPS) is 10.7. The Morgan fingerprint density at radius 1 is 1.18 bits per heavy atom. The van der Waals surface area contributed by atoms with Gasteiger partial charge in [-0.15, -0.1) is 11.6 Å². The van der Waals surface area contributed by atoms with Crippen LogP contribution in [-0.4, -0.2) is 38.6 Å². The summed E-state index contributed by atoms with van der Waals surface area (Å²) >= 11 is 5.72. The van der Waals surface area contributed by atoms with Crippen molar-refractivity contribution >= 4 is 11.6 Å². The highest BCUT2D eigenvalue weighted by atomic mass is 35.5. The van der Waals surface area contributed by atoms with Gasteiger partial charge in [-0.1, -0.05) is 0 Å². The van der Waals surface area contributed by atoms with E-state index in [2.05, 4.69) is 4.90 Å². The zero-order valence-corrected chi connectivity index (χ0v) is 11.7. The van der Waals surface area contributed by atoms with E-state index < -0.39 is 0 Å². The van der Waals surface area contributed by atoms with E-state index in [0.29, 0.717) is 5.88 Å². The first-order valence-corrected chi connectivity index (χ1v) is 6.11. The molecule has 96 valence electrons. The van der Waals surface area contributed by atoms with Gasteiger partial charge in [0.25, 0.3) is 0 Å². The first-order chi connectivity index (χ1) is 8.12. The van der Waals surface area contributed by atoms with E-state index in [-0.39, 0.29) is 0 Å². The number of benzene rings is 1. The van der Waals surface area contributed by atoms with E-state index in [4.69, 9.17) is 21.1 Å². The maximum Gasteiger partial charge on any atom is 0.123 e. The predicted octanol–water partition coefficient (Wildman–Crippen LogP) is 2.68. The summed E-state index contributed by atoms with van der Waals surface area (Å²) in [4.78, 5) is 2.15. The van der Waals surface area contributed by atoms with Crippen LogP contribution in [0.1, 0.15) is 11.1 Å². The van der Waals surface area contributed by atoms with Crippen LogP contribution in [0.25, 0.3) is 0 Å². The standard InChI is InChI=1S/C13H20ClNO2/c1-10-7-13(17-4)11(8-12(10)16-3)9-15(2)6-5-14/h7-8H,5-6,9H2,1-4H3. The highest BCUT2D eigenvalue weighted by Crippen LogP contribution is 2.28. The van der Waals surface area contributed by atoms with E-state index in [1.54, 1.807) is 14.2 Å². The average Bonchev–Trinajstić information content (AvgIpc) is 2.31. The number of halogens is 1. The quantitative estimate of drug-likeness (QED) is 0.732. The van der Waals surface area contributed by atoms with Crippen LogP contribution in [0, 0.1) is 6.92 Å². The highest BCUT2D eigenvalue weighted by molar-refractivity contribution is 6.18. The monoisotopic (exact) mass is 257 g/mol. The molecule has 0 N–H and O–H groups in total. The van der Waals surface area contributed by atoms with Crippen molar-refractivity contribution in [2.75, 3.05) is 33.7 Å². The molecule has 0 atom stereocenters. The van der Waals surface area contributed by atoms with Crippen molar-refractivity contribution in [3.05, 3.63) is 23.3 Å². The van der Waals surface area contributed by atoms with Crippen molar-refractivity contribution in [2.45, 2.75) is 13.5 Å². The molecule has 0 aromatic heterocycles. The molecule has 0 saturated carbocycles. The molecular formula is C13H20ClNO2. The fourth-order valence-corrected chi connectivity index (χ4v) is 2.04. The number of methoxy groups -OCH3 is 2. The summed E-state index contributed by atoms with van der Waals surface area (Å²) in [5.41, 5.74) is 2.19. The van der Waals surface area contributed by atoms with Crippen molar-refractivity contribution in [3.8, 4) is 11.5 Å². The van der Waals surface area contributed by atoms with Gasteiger partial charge in [-0.3, -0.25) is 0 Å². The Morgan fingerprint density at radius 3 is 2.35 bits per heavy atom. The first-order valence-electron chi connectivity index (χ1n) is 5.58. The third-order valence-electron chi connectivity index (χ3n) is 2.70. The van der Waals surface area contributed by atoms with Crippen molar-refractivity contribution < 1.29 is 9.47 Å². The second-order valence-electron chi connectivity index (χ2n) is 4.06. The molecule has 0 aliphatic carbocycles. The van der Waals surface area contributed by atoms with E-state index in [1.165, 1.54) is 0 Å². The third-order valence-corrected chi connectivity index (χ3v) is 2.87. The molecular weight excluding hydrogens is 238 g/mol. The molecule has 0 aliphatic rings. The summed E-state index contributed by atoms with van der Waals surface area (Å²) in [5.74, 6) is 2.41. The largest absolute Gasteiger partial charge is 0.496 e. The van der Waals surface area contributed by atoms with Crippen LogP contribution in [0.5, 0.6) is 11.5 Å². The zero-order valence-electron chi connectivity index (χ0n) is 10.9. The molecule has 0 saturated heterocycles.